The zero-order valence-corrected chi connectivity index (χ0v) is 11.0. The predicted molar refractivity (Wildman–Crippen MR) is 72.1 cm³/mol. The Hall–Kier alpha value is -1.13. The van der Waals surface area contributed by atoms with Crippen LogP contribution in [-0.2, 0) is 19.9 Å². The van der Waals surface area contributed by atoms with Gasteiger partial charge in [-0.1, -0.05) is 6.07 Å². The van der Waals surface area contributed by atoms with E-state index in [-0.39, 0.29) is 6.04 Å². The molecule has 2 aromatic rings. The topological polar surface area (TPSA) is 43.8 Å². The van der Waals surface area contributed by atoms with Crippen molar-refractivity contribution in [3.8, 4) is 0 Å². The normalized spacial score (nSPS) is 12.8. The third-order valence-corrected chi connectivity index (χ3v) is 3.88. The molecule has 92 valence electrons. The highest BCUT2D eigenvalue weighted by Crippen LogP contribution is 2.13. The molecule has 0 fully saturated rings. The van der Waals surface area contributed by atoms with Crippen LogP contribution in [0.1, 0.15) is 23.5 Å². The van der Waals surface area contributed by atoms with Gasteiger partial charge in [0.2, 0.25) is 0 Å². The van der Waals surface area contributed by atoms with E-state index in [1.807, 2.05) is 35.3 Å². The van der Waals surface area contributed by atoms with Crippen LogP contribution in [0.2, 0.25) is 0 Å². The van der Waals surface area contributed by atoms with Gasteiger partial charge in [0.25, 0.3) is 0 Å². The first kappa shape index (κ1) is 12.3. The Morgan fingerprint density at radius 1 is 1.53 bits per heavy atom. The molecule has 0 saturated carbocycles. The lowest BCUT2D eigenvalue weighted by Gasteiger charge is -2.10. The first-order valence-electron chi connectivity index (χ1n) is 6.00. The molecule has 1 unspecified atom stereocenters. The van der Waals surface area contributed by atoms with Crippen molar-refractivity contribution in [2.45, 2.75) is 31.7 Å². The summed E-state index contributed by atoms with van der Waals surface area (Å²) in [6.07, 6.45) is 8.03. The van der Waals surface area contributed by atoms with Gasteiger partial charge < -0.3 is 10.3 Å². The lowest BCUT2D eigenvalue weighted by molar-refractivity contribution is 0.559. The Morgan fingerprint density at radius 2 is 2.41 bits per heavy atom. The fourth-order valence-corrected chi connectivity index (χ4v) is 2.67. The van der Waals surface area contributed by atoms with Crippen LogP contribution in [0, 0.1) is 0 Å². The molecule has 0 aliphatic carbocycles. The molecule has 0 bridgehead atoms. The highest BCUT2D eigenvalue weighted by Gasteiger charge is 2.07. The molecule has 2 N–H and O–H groups in total. The summed E-state index contributed by atoms with van der Waals surface area (Å²) < 4.78 is 2.04. The Morgan fingerprint density at radius 3 is 3.06 bits per heavy atom. The monoisotopic (exact) mass is 249 g/mol. The minimum atomic E-state index is 0.219. The van der Waals surface area contributed by atoms with Gasteiger partial charge >= 0.3 is 0 Å². The van der Waals surface area contributed by atoms with Crippen LogP contribution in [0.3, 0.4) is 0 Å². The van der Waals surface area contributed by atoms with E-state index >= 15 is 0 Å². The van der Waals surface area contributed by atoms with Crippen molar-refractivity contribution >= 4 is 11.3 Å². The van der Waals surface area contributed by atoms with Crippen molar-refractivity contribution in [2.75, 3.05) is 0 Å². The summed E-state index contributed by atoms with van der Waals surface area (Å²) in [5, 5.41) is 2.13. The number of hydrogen-bond donors (Lipinski definition) is 1. The molecule has 0 amide bonds. The number of nitrogens with two attached hydrogens (primary N) is 1. The molecule has 0 aromatic carbocycles. The van der Waals surface area contributed by atoms with E-state index in [4.69, 9.17) is 5.73 Å². The molecule has 3 nitrogen and oxygen atoms in total. The van der Waals surface area contributed by atoms with E-state index in [1.165, 1.54) is 4.88 Å². The van der Waals surface area contributed by atoms with Crippen molar-refractivity contribution in [3.63, 3.8) is 0 Å². The van der Waals surface area contributed by atoms with Crippen LogP contribution in [0.15, 0.2) is 29.9 Å². The first-order valence-corrected chi connectivity index (χ1v) is 6.88. The minimum Gasteiger partial charge on any atom is -0.338 e. The van der Waals surface area contributed by atoms with Gasteiger partial charge in [-0.15, -0.1) is 11.3 Å². The predicted octanol–water partition coefficient (Wildman–Crippen LogP) is 2.37. The molecular weight excluding hydrogens is 230 g/mol. The van der Waals surface area contributed by atoms with Crippen LogP contribution in [0.5, 0.6) is 0 Å². The van der Waals surface area contributed by atoms with Crippen LogP contribution in [-0.4, -0.2) is 15.6 Å². The van der Waals surface area contributed by atoms with Crippen molar-refractivity contribution < 1.29 is 0 Å². The van der Waals surface area contributed by atoms with Gasteiger partial charge in [-0.25, -0.2) is 4.98 Å². The largest absolute Gasteiger partial charge is 0.338 e. The average molecular weight is 249 g/mol. The summed E-state index contributed by atoms with van der Waals surface area (Å²) in [6, 6.07) is 4.51. The second-order valence-corrected chi connectivity index (χ2v) is 5.42. The number of nitrogens with zero attached hydrogens (tertiary/aromatic N) is 2. The summed E-state index contributed by atoms with van der Waals surface area (Å²) >= 11 is 1.83. The van der Waals surface area contributed by atoms with Gasteiger partial charge in [0.05, 0.1) is 0 Å². The lowest BCUT2D eigenvalue weighted by Crippen LogP contribution is -2.24. The third-order valence-electron chi connectivity index (χ3n) is 2.94. The zero-order chi connectivity index (χ0) is 12.1. The quantitative estimate of drug-likeness (QED) is 0.854. The fourth-order valence-electron chi connectivity index (χ4n) is 1.92. The second-order valence-electron chi connectivity index (χ2n) is 4.39. The Balaban J connectivity index is 1.71. The highest BCUT2D eigenvalue weighted by molar-refractivity contribution is 7.09. The van der Waals surface area contributed by atoms with Gasteiger partial charge in [0.1, 0.15) is 5.82 Å². The van der Waals surface area contributed by atoms with E-state index in [2.05, 4.69) is 22.5 Å². The smallest absolute Gasteiger partial charge is 0.109 e. The molecule has 17 heavy (non-hydrogen) atoms. The van der Waals surface area contributed by atoms with Crippen LogP contribution < -0.4 is 5.73 Å². The molecule has 1 atom stereocenters. The number of rotatable bonds is 6. The molecule has 2 heterocycles. The van der Waals surface area contributed by atoms with E-state index < -0.39 is 0 Å². The molecular formula is C13H19N3S. The Kier molecular flexibility index (Phi) is 4.34. The van der Waals surface area contributed by atoms with Crippen LogP contribution in [0.25, 0.3) is 0 Å². The van der Waals surface area contributed by atoms with Gasteiger partial charge in [-0.2, -0.15) is 0 Å². The maximum atomic E-state index is 6.12. The molecule has 0 radical (unpaired) electrons. The van der Waals surface area contributed by atoms with Gasteiger partial charge in [-0.3, -0.25) is 0 Å². The van der Waals surface area contributed by atoms with E-state index in [9.17, 15) is 0 Å². The van der Waals surface area contributed by atoms with E-state index in [0.717, 1.165) is 31.5 Å². The number of aryl methyl sites for hydroxylation is 2. The van der Waals surface area contributed by atoms with Gasteiger partial charge in [-0.05, 0) is 30.7 Å². The molecule has 2 rings (SSSR count). The van der Waals surface area contributed by atoms with Crippen LogP contribution >= 0.6 is 11.3 Å². The average Bonchev–Trinajstić information content (AvgIpc) is 2.92. The Bertz CT molecular complexity index is 433. The fraction of sp³-hybridized carbons (Fsp3) is 0.462. The van der Waals surface area contributed by atoms with Gasteiger partial charge in [0.15, 0.2) is 0 Å². The summed E-state index contributed by atoms with van der Waals surface area (Å²) in [6.45, 7) is 0. The molecule has 0 aliphatic rings. The maximum absolute atomic E-state index is 6.12. The van der Waals surface area contributed by atoms with Crippen molar-refractivity contribution in [1.82, 2.24) is 9.55 Å². The third kappa shape index (κ3) is 3.68. The number of aromatic nitrogens is 2. The number of imidazole rings is 1. The second kappa shape index (κ2) is 5.98. The lowest BCUT2D eigenvalue weighted by atomic mass is 10.1. The summed E-state index contributed by atoms with van der Waals surface area (Å²) in [5.41, 5.74) is 6.12. The minimum absolute atomic E-state index is 0.219. The molecule has 0 saturated heterocycles. The summed E-state index contributed by atoms with van der Waals surface area (Å²) in [7, 11) is 2.01. The van der Waals surface area contributed by atoms with Crippen molar-refractivity contribution in [2.24, 2.45) is 12.8 Å². The van der Waals surface area contributed by atoms with Crippen molar-refractivity contribution in [1.29, 1.82) is 0 Å². The maximum Gasteiger partial charge on any atom is 0.109 e. The van der Waals surface area contributed by atoms with E-state index in [1.54, 1.807) is 0 Å². The number of thiophene rings is 1. The molecule has 0 spiro atoms. The summed E-state index contributed by atoms with van der Waals surface area (Å²) in [5.74, 6) is 1.08. The van der Waals surface area contributed by atoms with E-state index in [0.29, 0.717) is 0 Å². The molecule has 2 aromatic heterocycles. The van der Waals surface area contributed by atoms with Gasteiger partial charge in [0, 0.05) is 36.8 Å². The molecule has 4 heteroatoms. The number of hydrogen-bond acceptors (Lipinski definition) is 3. The zero-order valence-electron chi connectivity index (χ0n) is 10.2. The SMILES string of the molecule is Cn1ccnc1CC(N)CCCc1cccs1. The first-order chi connectivity index (χ1) is 8.25. The van der Waals surface area contributed by atoms with Crippen molar-refractivity contribution in [3.05, 3.63) is 40.6 Å². The Labute approximate surface area is 106 Å². The molecule has 0 aliphatic heterocycles. The standard InChI is InChI=1S/C13H19N3S/c1-16-8-7-15-13(16)10-11(14)4-2-5-12-6-3-9-17-12/h3,6-9,11H,2,4-5,10,14H2,1H3. The highest BCUT2D eigenvalue weighted by atomic mass is 32.1. The van der Waals surface area contributed by atoms with Crippen LogP contribution in [0.4, 0.5) is 0 Å². The summed E-state index contributed by atoms with van der Waals surface area (Å²) in [4.78, 5) is 5.75.